The molecular weight excluding hydrogens is 314 g/mol. The van der Waals surface area contributed by atoms with Crippen molar-refractivity contribution in [2.45, 2.75) is 56.3 Å². The number of fused-ring (bicyclic) bond motifs is 1. The summed E-state index contributed by atoms with van der Waals surface area (Å²) >= 11 is 0. The van der Waals surface area contributed by atoms with Crippen molar-refractivity contribution in [3.05, 3.63) is 35.9 Å². The van der Waals surface area contributed by atoms with Gasteiger partial charge in [-0.15, -0.1) is 0 Å². The van der Waals surface area contributed by atoms with Crippen LogP contribution < -0.4 is 0 Å². The van der Waals surface area contributed by atoms with Crippen molar-refractivity contribution in [1.29, 1.82) is 0 Å². The number of likely N-dealkylation sites (tertiary alicyclic amines) is 1. The second-order valence-corrected chi connectivity index (χ2v) is 7.96. The molecule has 0 bridgehead atoms. The number of aliphatic hydroxyl groups excluding tert-OH is 1. The van der Waals surface area contributed by atoms with Gasteiger partial charge >= 0.3 is 0 Å². The second-order valence-electron chi connectivity index (χ2n) is 7.96. The molecule has 0 radical (unpaired) electrons. The second kappa shape index (κ2) is 7.75. The first-order chi connectivity index (χ1) is 12.3. The van der Waals surface area contributed by atoms with Gasteiger partial charge in [0.05, 0.1) is 31.0 Å². The van der Waals surface area contributed by atoms with Gasteiger partial charge in [0.25, 0.3) is 0 Å². The van der Waals surface area contributed by atoms with Gasteiger partial charge < -0.3 is 14.6 Å². The summed E-state index contributed by atoms with van der Waals surface area (Å²) < 4.78 is 11.3. The standard InChI is InChI=1S/C21H31NO3/c23-19(15-24-16-20-10-6-12-25-20)14-22-13-18-9-4-5-11-21(18,22)17-7-2-1-3-8-17/h1-3,7-8,18-20,23H,4-6,9-16H2. The number of rotatable bonds is 7. The number of benzene rings is 1. The fourth-order valence-corrected chi connectivity index (χ4v) is 5.15. The lowest BCUT2D eigenvalue weighted by molar-refractivity contribution is -0.137. The Hall–Kier alpha value is -0.940. The molecule has 4 heteroatoms. The Labute approximate surface area is 151 Å². The van der Waals surface area contributed by atoms with Gasteiger partial charge in [-0.2, -0.15) is 0 Å². The van der Waals surface area contributed by atoms with Crippen LogP contribution in [0.5, 0.6) is 0 Å². The van der Waals surface area contributed by atoms with Crippen molar-refractivity contribution < 1.29 is 14.6 Å². The monoisotopic (exact) mass is 345 g/mol. The summed E-state index contributed by atoms with van der Waals surface area (Å²) in [7, 11) is 0. The number of hydrogen-bond acceptors (Lipinski definition) is 4. The summed E-state index contributed by atoms with van der Waals surface area (Å²) in [4.78, 5) is 2.51. The molecule has 4 unspecified atom stereocenters. The number of hydrogen-bond donors (Lipinski definition) is 1. The highest BCUT2D eigenvalue weighted by Crippen LogP contribution is 2.53. The van der Waals surface area contributed by atoms with Gasteiger partial charge in [0.15, 0.2) is 0 Å². The third-order valence-corrected chi connectivity index (χ3v) is 6.38. The molecule has 4 atom stereocenters. The zero-order valence-electron chi connectivity index (χ0n) is 15.1. The van der Waals surface area contributed by atoms with E-state index in [1.165, 1.54) is 31.2 Å². The molecule has 1 aromatic carbocycles. The van der Waals surface area contributed by atoms with E-state index in [0.29, 0.717) is 19.8 Å². The van der Waals surface area contributed by atoms with E-state index in [4.69, 9.17) is 9.47 Å². The molecule has 2 saturated heterocycles. The summed E-state index contributed by atoms with van der Waals surface area (Å²) in [5, 5.41) is 10.5. The molecular formula is C21H31NO3. The molecule has 1 aliphatic carbocycles. The fourth-order valence-electron chi connectivity index (χ4n) is 5.15. The lowest BCUT2D eigenvalue weighted by Crippen LogP contribution is -2.67. The largest absolute Gasteiger partial charge is 0.389 e. The summed E-state index contributed by atoms with van der Waals surface area (Å²) in [5.41, 5.74) is 1.58. The van der Waals surface area contributed by atoms with Gasteiger partial charge in [-0.05, 0) is 37.2 Å². The zero-order chi connectivity index (χ0) is 17.1. The zero-order valence-corrected chi connectivity index (χ0v) is 15.1. The number of nitrogens with zero attached hydrogens (tertiary/aromatic N) is 1. The van der Waals surface area contributed by atoms with E-state index in [2.05, 4.69) is 35.2 Å². The molecule has 2 aliphatic heterocycles. The Bertz CT molecular complexity index is 545. The van der Waals surface area contributed by atoms with E-state index < -0.39 is 6.10 Å². The number of β-amino-alcohol motifs (C(OH)–C–C–N with tert-alkyl or cyclic N) is 1. The van der Waals surface area contributed by atoms with E-state index >= 15 is 0 Å². The van der Waals surface area contributed by atoms with Crippen LogP contribution in [-0.4, -0.2) is 55.1 Å². The molecule has 4 nitrogen and oxygen atoms in total. The van der Waals surface area contributed by atoms with Gasteiger partial charge in [-0.1, -0.05) is 43.2 Å². The molecule has 25 heavy (non-hydrogen) atoms. The Morgan fingerprint density at radius 2 is 2.08 bits per heavy atom. The van der Waals surface area contributed by atoms with E-state index in [-0.39, 0.29) is 11.6 Å². The van der Waals surface area contributed by atoms with Crippen LogP contribution in [0.25, 0.3) is 0 Å². The summed E-state index contributed by atoms with van der Waals surface area (Å²) in [6, 6.07) is 10.9. The van der Waals surface area contributed by atoms with Crippen molar-refractivity contribution in [3.8, 4) is 0 Å². The van der Waals surface area contributed by atoms with Crippen molar-refractivity contribution in [2.24, 2.45) is 5.92 Å². The predicted molar refractivity (Wildman–Crippen MR) is 97.5 cm³/mol. The van der Waals surface area contributed by atoms with Crippen LogP contribution >= 0.6 is 0 Å². The third kappa shape index (κ3) is 3.50. The SMILES string of the molecule is OC(COCC1CCCO1)CN1CC2CCCCC21c1ccccc1. The van der Waals surface area contributed by atoms with Crippen LogP contribution in [0.3, 0.4) is 0 Å². The first-order valence-electron chi connectivity index (χ1n) is 9.97. The Kier molecular flexibility index (Phi) is 5.41. The minimum atomic E-state index is -0.426. The van der Waals surface area contributed by atoms with E-state index in [1.807, 2.05) is 0 Å². The highest BCUT2D eigenvalue weighted by molar-refractivity contribution is 5.30. The molecule has 3 fully saturated rings. The van der Waals surface area contributed by atoms with Crippen molar-refractivity contribution in [3.63, 3.8) is 0 Å². The topological polar surface area (TPSA) is 41.9 Å². The molecule has 0 spiro atoms. The predicted octanol–water partition coefficient (Wildman–Crippen LogP) is 2.94. The first-order valence-corrected chi connectivity index (χ1v) is 9.97. The van der Waals surface area contributed by atoms with Crippen LogP contribution in [0.4, 0.5) is 0 Å². The van der Waals surface area contributed by atoms with Crippen LogP contribution in [0.2, 0.25) is 0 Å². The van der Waals surface area contributed by atoms with Crippen LogP contribution in [-0.2, 0) is 15.0 Å². The van der Waals surface area contributed by atoms with E-state index in [1.54, 1.807) is 0 Å². The first kappa shape index (κ1) is 17.5. The maximum atomic E-state index is 10.5. The van der Waals surface area contributed by atoms with Gasteiger partial charge in [0.2, 0.25) is 0 Å². The minimum Gasteiger partial charge on any atom is -0.389 e. The van der Waals surface area contributed by atoms with Crippen molar-refractivity contribution in [2.75, 3.05) is 32.9 Å². The number of aliphatic hydroxyl groups is 1. The smallest absolute Gasteiger partial charge is 0.0900 e. The molecule has 1 N–H and O–H groups in total. The molecule has 1 saturated carbocycles. The molecule has 0 aromatic heterocycles. The van der Waals surface area contributed by atoms with Gasteiger partial charge in [-0.3, -0.25) is 4.90 Å². The Balaban J connectivity index is 1.34. The summed E-state index contributed by atoms with van der Waals surface area (Å²) in [6.07, 6.45) is 7.18. The minimum absolute atomic E-state index is 0.148. The van der Waals surface area contributed by atoms with Crippen molar-refractivity contribution >= 4 is 0 Å². The normalized spacial score (nSPS) is 33.6. The quantitative estimate of drug-likeness (QED) is 0.825. The molecule has 3 aliphatic rings. The third-order valence-electron chi connectivity index (χ3n) is 6.38. The average Bonchev–Trinajstić information content (AvgIpc) is 3.14. The van der Waals surface area contributed by atoms with Gasteiger partial charge in [0.1, 0.15) is 0 Å². The molecule has 2 heterocycles. The molecule has 4 rings (SSSR count). The summed E-state index contributed by atoms with van der Waals surface area (Å²) in [5.74, 6) is 0.739. The highest BCUT2D eigenvalue weighted by atomic mass is 16.5. The van der Waals surface area contributed by atoms with Crippen LogP contribution in [0, 0.1) is 5.92 Å². The van der Waals surface area contributed by atoms with Gasteiger partial charge in [-0.25, -0.2) is 0 Å². The summed E-state index contributed by atoms with van der Waals surface area (Å²) in [6.45, 7) is 3.69. The molecule has 1 aromatic rings. The van der Waals surface area contributed by atoms with Crippen molar-refractivity contribution in [1.82, 2.24) is 4.90 Å². The number of ether oxygens (including phenoxy) is 2. The Morgan fingerprint density at radius 3 is 2.84 bits per heavy atom. The van der Waals surface area contributed by atoms with E-state index in [9.17, 15) is 5.11 Å². The maximum Gasteiger partial charge on any atom is 0.0900 e. The van der Waals surface area contributed by atoms with E-state index in [0.717, 1.165) is 31.9 Å². The fraction of sp³-hybridized carbons (Fsp3) is 0.714. The average molecular weight is 345 g/mol. The highest BCUT2D eigenvalue weighted by Gasteiger charge is 2.54. The van der Waals surface area contributed by atoms with Crippen LogP contribution in [0.15, 0.2) is 30.3 Å². The van der Waals surface area contributed by atoms with Crippen LogP contribution in [0.1, 0.15) is 44.1 Å². The molecule has 0 amide bonds. The van der Waals surface area contributed by atoms with Gasteiger partial charge in [0, 0.05) is 19.7 Å². The lowest BCUT2D eigenvalue weighted by Gasteiger charge is -2.62. The molecule has 138 valence electrons. The maximum absolute atomic E-state index is 10.5. The lowest BCUT2D eigenvalue weighted by atomic mass is 9.61. The Morgan fingerprint density at radius 1 is 1.20 bits per heavy atom.